The highest BCUT2D eigenvalue weighted by atomic mass is 127. The minimum atomic E-state index is 0.316. The van der Waals surface area contributed by atoms with Gasteiger partial charge in [0.1, 0.15) is 0 Å². The van der Waals surface area contributed by atoms with Crippen LogP contribution in [0, 0.1) is 3.57 Å². The molecule has 4 heteroatoms. The molecule has 1 N–H and O–H groups in total. The summed E-state index contributed by atoms with van der Waals surface area (Å²) in [4.78, 5) is 4.16. The first-order valence-electron chi connectivity index (χ1n) is 4.28. The summed E-state index contributed by atoms with van der Waals surface area (Å²) in [5, 5.41) is 3.39. The maximum atomic E-state index is 5.38. The fourth-order valence-electron chi connectivity index (χ4n) is 1.40. The average molecular weight is 290 g/mol. The number of hydrogen-bond donors (Lipinski definition) is 1. The molecular weight excluding hydrogens is 279 g/mol. The average Bonchev–Trinajstić information content (AvgIpc) is 2.19. The van der Waals surface area contributed by atoms with Crippen LogP contribution in [0.5, 0.6) is 0 Å². The Morgan fingerprint density at radius 2 is 2.46 bits per heavy atom. The van der Waals surface area contributed by atoms with Crippen LogP contribution < -0.4 is 5.32 Å². The van der Waals surface area contributed by atoms with E-state index in [-0.39, 0.29) is 0 Å². The summed E-state index contributed by atoms with van der Waals surface area (Å²) in [6, 6.07) is 2.45. The van der Waals surface area contributed by atoms with Crippen LogP contribution >= 0.6 is 22.6 Å². The van der Waals surface area contributed by atoms with Crippen molar-refractivity contribution in [2.75, 3.05) is 19.8 Å². The van der Waals surface area contributed by atoms with Crippen molar-refractivity contribution in [3.8, 4) is 0 Å². The zero-order chi connectivity index (χ0) is 9.10. The van der Waals surface area contributed by atoms with Crippen molar-refractivity contribution in [3.63, 3.8) is 0 Å². The highest BCUT2D eigenvalue weighted by Gasteiger charge is 2.15. The van der Waals surface area contributed by atoms with Gasteiger partial charge in [0, 0.05) is 22.5 Å². The van der Waals surface area contributed by atoms with E-state index in [9.17, 15) is 0 Å². The molecule has 1 aliphatic heterocycles. The Hall–Kier alpha value is -0.200. The Kier molecular flexibility index (Phi) is 3.13. The fourth-order valence-corrected chi connectivity index (χ4v) is 1.92. The summed E-state index contributed by atoms with van der Waals surface area (Å²) in [5.41, 5.74) is 1.21. The van der Waals surface area contributed by atoms with Crippen LogP contribution in [0.15, 0.2) is 18.5 Å². The van der Waals surface area contributed by atoms with Gasteiger partial charge in [-0.2, -0.15) is 0 Å². The molecule has 2 heterocycles. The van der Waals surface area contributed by atoms with Crippen LogP contribution in [0.1, 0.15) is 11.6 Å². The maximum absolute atomic E-state index is 5.38. The molecule has 1 aliphatic rings. The number of morpholine rings is 1. The molecule has 0 bridgehead atoms. The molecular formula is C9H11IN2O. The predicted molar refractivity (Wildman–Crippen MR) is 58.5 cm³/mol. The van der Waals surface area contributed by atoms with Crippen LogP contribution in [0.25, 0.3) is 0 Å². The van der Waals surface area contributed by atoms with Gasteiger partial charge in [0.2, 0.25) is 0 Å². The quantitative estimate of drug-likeness (QED) is 0.793. The standard InChI is InChI=1S/C9H11IN2O/c10-8-3-7(4-11-5-8)9-6-13-2-1-12-9/h3-5,9,12H,1-2,6H2. The lowest BCUT2D eigenvalue weighted by Gasteiger charge is -2.23. The minimum Gasteiger partial charge on any atom is -0.378 e. The lowest BCUT2D eigenvalue weighted by Crippen LogP contribution is -2.34. The second-order valence-electron chi connectivity index (χ2n) is 3.02. The van der Waals surface area contributed by atoms with E-state index >= 15 is 0 Å². The number of halogens is 1. The van der Waals surface area contributed by atoms with Gasteiger partial charge >= 0.3 is 0 Å². The van der Waals surface area contributed by atoms with Crippen LogP contribution in [0.3, 0.4) is 0 Å². The van der Waals surface area contributed by atoms with E-state index < -0.39 is 0 Å². The van der Waals surface area contributed by atoms with Crippen LogP contribution in [0.2, 0.25) is 0 Å². The largest absolute Gasteiger partial charge is 0.378 e. The molecule has 0 aromatic carbocycles. The van der Waals surface area contributed by atoms with E-state index in [2.05, 4.69) is 39.0 Å². The third kappa shape index (κ3) is 2.38. The lowest BCUT2D eigenvalue weighted by molar-refractivity contribution is 0.0767. The molecule has 3 nitrogen and oxygen atoms in total. The molecule has 0 aliphatic carbocycles. The first-order chi connectivity index (χ1) is 6.36. The molecule has 1 atom stereocenters. The van der Waals surface area contributed by atoms with Gasteiger partial charge < -0.3 is 10.1 Å². The Labute approximate surface area is 91.0 Å². The van der Waals surface area contributed by atoms with Crippen LogP contribution in [-0.4, -0.2) is 24.7 Å². The van der Waals surface area contributed by atoms with E-state index in [0.717, 1.165) is 19.8 Å². The summed E-state index contributed by atoms with van der Waals surface area (Å²) < 4.78 is 6.55. The van der Waals surface area contributed by atoms with Gasteiger partial charge in [-0.15, -0.1) is 0 Å². The summed E-state index contributed by atoms with van der Waals surface area (Å²) >= 11 is 2.27. The van der Waals surface area contributed by atoms with Gasteiger partial charge in [0.25, 0.3) is 0 Å². The molecule has 0 amide bonds. The molecule has 13 heavy (non-hydrogen) atoms. The van der Waals surface area contributed by atoms with Gasteiger partial charge in [0.05, 0.1) is 19.3 Å². The van der Waals surface area contributed by atoms with E-state index in [4.69, 9.17) is 4.74 Å². The van der Waals surface area contributed by atoms with E-state index in [1.54, 1.807) is 0 Å². The number of hydrogen-bond acceptors (Lipinski definition) is 3. The highest BCUT2D eigenvalue weighted by molar-refractivity contribution is 14.1. The summed E-state index contributed by atoms with van der Waals surface area (Å²) in [6.07, 6.45) is 3.75. The molecule has 1 aromatic rings. The Balaban J connectivity index is 2.14. The summed E-state index contributed by atoms with van der Waals surface area (Å²) in [5.74, 6) is 0. The van der Waals surface area contributed by atoms with E-state index in [0.29, 0.717) is 6.04 Å². The molecule has 1 saturated heterocycles. The van der Waals surface area contributed by atoms with Gasteiger partial charge in [-0.1, -0.05) is 0 Å². The molecule has 2 rings (SSSR count). The van der Waals surface area contributed by atoms with Crippen LogP contribution in [0.4, 0.5) is 0 Å². The van der Waals surface area contributed by atoms with Crippen LogP contribution in [-0.2, 0) is 4.74 Å². The number of nitrogens with one attached hydrogen (secondary N) is 1. The van der Waals surface area contributed by atoms with Crippen molar-refractivity contribution in [2.24, 2.45) is 0 Å². The Morgan fingerprint density at radius 1 is 1.54 bits per heavy atom. The smallest absolute Gasteiger partial charge is 0.0662 e. The van der Waals surface area contributed by atoms with Crippen molar-refractivity contribution in [1.82, 2.24) is 10.3 Å². The minimum absolute atomic E-state index is 0.316. The van der Waals surface area contributed by atoms with Gasteiger partial charge in [-0.3, -0.25) is 4.98 Å². The zero-order valence-corrected chi connectivity index (χ0v) is 9.32. The maximum Gasteiger partial charge on any atom is 0.0662 e. The molecule has 70 valence electrons. The molecule has 0 saturated carbocycles. The predicted octanol–water partition coefficient (Wildman–Crippen LogP) is 1.35. The molecule has 0 radical (unpaired) electrons. The van der Waals surface area contributed by atoms with Gasteiger partial charge in [-0.25, -0.2) is 0 Å². The number of ether oxygens (including phenoxy) is 1. The molecule has 1 fully saturated rings. The number of nitrogens with zero attached hydrogens (tertiary/aromatic N) is 1. The second kappa shape index (κ2) is 4.34. The molecule has 0 spiro atoms. The van der Waals surface area contributed by atoms with E-state index in [1.165, 1.54) is 9.13 Å². The zero-order valence-electron chi connectivity index (χ0n) is 7.16. The third-order valence-corrected chi connectivity index (χ3v) is 2.64. The van der Waals surface area contributed by atoms with Crippen molar-refractivity contribution in [3.05, 3.63) is 27.6 Å². The van der Waals surface area contributed by atoms with E-state index in [1.807, 2.05) is 12.4 Å². The highest BCUT2D eigenvalue weighted by Crippen LogP contribution is 2.16. The second-order valence-corrected chi connectivity index (χ2v) is 4.26. The lowest BCUT2D eigenvalue weighted by atomic mass is 10.1. The summed E-state index contributed by atoms with van der Waals surface area (Å²) in [6.45, 7) is 2.49. The normalized spacial score (nSPS) is 23.0. The molecule has 1 aromatic heterocycles. The number of rotatable bonds is 1. The fraction of sp³-hybridized carbons (Fsp3) is 0.444. The SMILES string of the molecule is Ic1cncc(C2COCCN2)c1. The van der Waals surface area contributed by atoms with Crippen molar-refractivity contribution < 1.29 is 4.74 Å². The first kappa shape index (κ1) is 9.36. The third-order valence-electron chi connectivity index (χ3n) is 2.05. The van der Waals surface area contributed by atoms with Gasteiger partial charge in [0.15, 0.2) is 0 Å². The molecule has 1 unspecified atom stereocenters. The van der Waals surface area contributed by atoms with Crippen molar-refractivity contribution >= 4 is 22.6 Å². The van der Waals surface area contributed by atoms with Crippen molar-refractivity contribution in [1.29, 1.82) is 0 Å². The Bertz CT molecular complexity index is 287. The number of pyridine rings is 1. The first-order valence-corrected chi connectivity index (χ1v) is 5.36. The van der Waals surface area contributed by atoms with Gasteiger partial charge in [-0.05, 0) is 34.2 Å². The Morgan fingerprint density at radius 3 is 3.15 bits per heavy atom. The monoisotopic (exact) mass is 290 g/mol. The number of aromatic nitrogens is 1. The topological polar surface area (TPSA) is 34.1 Å². The summed E-state index contributed by atoms with van der Waals surface area (Å²) in [7, 11) is 0. The van der Waals surface area contributed by atoms with Crippen molar-refractivity contribution in [2.45, 2.75) is 6.04 Å².